The van der Waals surface area contributed by atoms with Crippen LogP contribution in [0.2, 0.25) is 0 Å². The number of ether oxygens (including phenoxy) is 1. The number of nitrogens with one attached hydrogen (secondary N) is 1. The standard InChI is InChI=1S/C19H20N2O3S/c1-3-17(22)20-14-6-4-5-13(11-14)19-21(18(23)12-25-19)15-7-9-16(24-2)10-8-15/h4-11,19H,3,12H2,1-2H3,(H,20,22)/t19-/m0/s1. The third kappa shape index (κ3) is 3.79. The van der Waals surface area contributed by atoms with Gasteiger partial charge in [-0.25, -0.2) is 0 Å². The SMILES string of the molecule is CCC(=O)Nc1cccc([C@@H]2SCC(=O)N2c2ccc(OC)cc2)c1. The second-order valence-electron chi connectivity index (χ2n) is 5.65. The number of nitrogens with zero attached hydrogens (tertiary/aromatic N) is 1. The minimum Gasteiger partial charge on any atom is -0.497 e. The Morgan fingerprint density at radius 1 is 1.28 bits per heavy atom. The van der Waals surface area contributed by atoms with Gasteiger partial charge in [-0.1, -0.05) is 19.1 Å². The zero-order chi connectivity index (χ0) is 17.8. The van der Waals surface area contributed by atoms with Crippen molar-refractivity contribution in [2.45, 2.75) is 18.7 Å². The van der Waals surface area contributed by atoms with Crippen LogP contribution in [0, 0.1) is 0 Å². The van der Waals surface area contributed by atoms with Gasteiger partial charge in [-0.2, -0.15) is 0 Å². The smallest absolute Gasteiger partial charge is 0.238 e. The van der Waals surface area contributed by atoms with Crippen LogP contribution in [0.25, 0.3) is 0 Å². The molecule has 1 aliphatic heterocycles. The van der Waals surface area contributed by atoms with Gasteiger partial charge >= 0.3 is 0 Å². The number of carbonyl (C=O) groups is 2. The first-order chi connectivity index (χ1) is 12.1. The molecule has 0 saturated carbocycles. The predicted molar refractivity (Wildman–Crippen MR) is 101 cm³/mol. The Hall–Kier alpha value is -2.47. The lowest BCUT2D eigenvalue weighted by atomic mass is 10.1. The number of amides is 2. The fourth-order valence-corrected chi connectivity index (χ4v) is 3.88. The number of hydrogen-bond donors (Lipinski definition) is 1. The van der Waals surface area contributed by atoms with Gasteiger partial charge in [0.05, 0.1) is 12.9 Å². The van der Waals surface area contributed by atoms with Crippen molar-refractivity contribution in [3.8, 4) is 5.75 Å². The molecule has 6 heteroatoms. The van der Waals surface area contributed by atoms with Gasteiger partial charge in [-0.05, 0) is 42.0 Å². The Balaban J connectivity index is 1.88. The molecule has 0 aromatic heterocycles. The van der Waals surface area contributed by atoms with Crippen LogP contribution in [0.4, 0.5) is 11.4 Å². The van der Waals surface area contributed by atoms with E-state index in [-0.39, 0.29) is 17.2 Å². The van der Waals surface area contributed by atoms with Crippen LogP contribution in [-0.2, 0) is 9.59 Å². The van der Waals surface area contributed by atoms with E-state index in [1.807, 2.05) is 55.5 Å². The zero-order valence-electron chi connectivity index (χ0n) is 14.2. The molecule has 0 spiro atoms. The molecule has 25 heavy (non-hydrogen) atoms. The molecule has 2 aromatic carbocycles. The lowest BCUT2D eigenvalue weighted by Crippen LogP contribution is -2.27. The molecule has 1 aliphatic rings. The van der Waals surface area contributed by atoms with Gasteiger partial charge in [-0.3, -0.25) is 14.5 Å². The number of hydrogen-bond acceptors (Lipinski definition) is 4. The molecular weight excluding hydrogens is 336 g/mol. The zero-order valence-corrected chi connectivity index (χ0v) is 15.0. The summed E-state index contributed by atoms with van der Waals surface area (Å²) in [6.07, 6.45) is 0.429. The molecule has 0 unspecified atom stereocenters. The molecule has 0 aliphatic carbocycles. The lowest BCUT2D eigenvalue weighted by molar-refractivity contribution is -0.116. The first kappa shape index (κ1) is 17.4. The third-order valence-corrected chi connectivity index (χ3v) is 5.21. The van der Waals surface area contributed by atoms with Crippen molar-refractivity contribution in [1.82, 2.24) is 0 Å². The summed E-state index contributed by atoms with van der Waals surface area (Å²) < 4.78 is 5.18. The molecule has 3 rings (SSSR count). The van der Waals surface area contributed by atoms with Crippen LogP contribution >= 0.6 is 11.8 Å². The molecule has 1 heterocycles. The summed E-state index contributed by atoms with van der Waals surface area (Å²) in [4.78, 5) is 25.8. The quantitative estimate of drug-likeness (QED) is 0.885. The summed E-state index contributed by atoms with van der Waals surface area (Å²) >= 11 is 1.58. The topological polar surface area (TPSA) is 58.6 Å². The van der Waals surface area contributed by atoms with Crippen LogP contribution in [0.15, 0.2) is 48.5 Å². The fourth-order valence-electron chi connectivity index (χ4n) is 2.71. The van der Waals surface area contributed by atoms with E-state index in [2.05, 4.69) is 5.32 Å². The highest BCUT2D eigenvalue weighted by Gasteiger charge is 2.34. The second-order valence-corrected chi connectivity index (χ2v) is 6.72. The van der Waals surface area contributed by atoms with Crippen LogP contribution < -0.4 is 15.0 Å². The first-order valence-corrected chi connectivity index (χ1v) is 9.14. The van der Waals surface area contributed by atoms with E-state index in [4.69, 9.17) is 4.74 Å². The van der Waals surface area contributed by atoms with Crippen molar-refractivity contribution in [2.75, 3.05) is 23.1 Å². The Labute approximate surface area is 151 Å². The Bertz CT molecular complexity index is 776. The van der Waals surface area contributed by atoms with Crippen LogP contribution in [0.1, 0.15) is 24.3 Å². The number of carbonyl (C=O) groups excluding carboxylic acids is 2. The number of anilines is 2. The normalized spacial score (nSPS) is 16.8. The van der Waals surface area contributed by atoms with E-state index in [0.717, 1.165) is 22.7 Å². The molecule has 0 bridgehead atoms. The van der Waals surface area contributed by atoms with Crippen molar-refractivity contribution in [2.24, 2.45) is 0 Å². The van der Waals surface area contributed by atoms with E-state index in [1.54, 1.807) is 23.8 Å². The molecule has 0 radical (unpaired) electrons. The van der Waals surface area contributed by atoms with Gasteiger partial charge < -0.3 is 10.1 Å². The summed E-state index contributed by atoms with van der Waals surface area (Å²) in [5, 5.41) is 2.76. The minimum absolute atomic E-state index is 0.0284. The maximum absolute atomic E-state index is 12.4. The average Bonchev–Trinajstić information content (AvgIpc) is 3.03. The summed E-state index contributed by atoms with van der Waals surface area (Å²) in [5.74, 6) is 1.23. The number of benzene rings is 2. The van der Waals surface area contributed by atoms with E-state index >= 15 is 0 Å². The van der Waals surface area contributed by atoms with Crippen molar-refractivity contribution < 1.29 is 14.3 Å². The Kier molecular flexibility index (Phi) is 5.28. The van der Waals surface area contributed by atoms with Crippen molar-refractivity contribution in [3.05, 3.63) is 54.1 Å². The van der Waals surface area contributed by atoms with E-state index in [9.17, 15) is 9.59 Å². The summed E-state index contributed by atoms with van der Waals surface area (Å²) in [7, 11) is 1.62. The number of thioether (sulfide) groups is 1. The molecule has 1 N–H and O–H groups in total. The van der Waals surface area contributed by atoms with E-state index in [0.29, 0.717) is 12.2 Å². The summed E-state index contributed by atoms with van der Waals surface area (Å²) in [6, 6.07) is 15.1. The van der Waals surface area contributed by atoms with Gasteiger partial charge in [0.25, 0.3) is 0 Å². The van der Waals surface area contributed by atoms with Crippen molar-refractivity contribution in [3.63, 3.8) is 0 Å². The average molecular weight is 356 g/mol. The Morgan fingerprint density at radius 3 is 2.72 bits per heavy atom. The highest BCUT2D eigenvalue weighted by atomic mass is 32.2. The third-order valence-electron chi connectivity index (χ3n) is 4.00. The maximum atomic E-state index is 12.4. The van der Waals surface area contributed by atoms with Crippen molar-refractivity contribution >= 4 is 35.0 Å². The molecule has 1 saturated heterocycles. The highest BCUT2D eigenvalue weighted by Crippen LogP contribution is 2.42. The van der Waals surface area contributed by atoms with Crippen LogP contribution in [0.5, 0.6) is 5.75 Å². The molecular formula is C19H20N2O3S. The molecule has 2 amide bonds. The Morgan fingerprint density at radius 2 is 2.04 bits per heavy atom. The molecule has 1 fully saturated rings. The number of methoxy groups -OCH3 is 1. The molecule has 1 atom stereocenters. The monoisotopic (exact) mass is 356 g/mol. The van der Waals surface area contributed by atoms with Gasteiger partial charge in [0, 0.05) is 17.8 Å². The summed E-state index contributed by atoms with van der Waals surface area (Å²) in [5.41, 5.74) is 2.57. The minimum atomic E-state index is -0.112. The fraction of sp³-hybridized carbons (Fsp3) is 0.263. The lowest BCUT2D eigenvalue weighted by Gasteiger charge is -2.25. The number of rotatable bonds is 5. The van der Waals surface area contributed by atoms with Crippen LogP contribution in [-0.4, -0.2) is 24.7 Å². The summed E-state index contributed by atoms with van der Waals surface area (Å²) in [6.45, 7) is 1.82. The van der Waals surface area contributed by atoms with Gasteiger partial charge in [-0.15, -0.1) is 11.8 Å². The predicted octanol–water partition coefficient (Wildman–Crippen LogP) is 3.82. The van der Waals surface area contributed by atoms with E-state index in [1.165, 1.54) is 0 Å². The molecule has 130 valence electrons. The van der Waals surface area contributed by atoms with Crippen molar-refractivity contribution in [1.29, 1.82) is 0 Å². The first-order valence-electron chi connectivity index (χ1n) is 8.10. The maximum Gasteiger partial charge on any atom is 0.238 e. The highest BCUT2D eigenvalue weighted by molar-refractivity contribution is 8.00. The largest absolute Gasteiger partial charge is 0.497 e. The van der Waals surface area contributed by atoms with Gasteiger partial charge in [0.15, 0.2) is 0 Å². The van der Waals surface area contributed by atoms with E-state index < -0.39 is 0 Å². The van der Waals surface area contributed by atoms with Gasteiger partial charge in [0.2, 0.25) is 11.8 Å². The second kappa shape index (κ2) is 7.61. The van der Waals surface area contributed by atoms with Gasteiger partial charge in [0.1, 0.15) is 11.1 Å². The molecule has 2 aromatic rings. The molecule has 5 nitrogen and oxygen atoms in total. The van der Waals surface area contributed by atoms with Crippen LogP contribution in [0.3, 0.4) is 0 Å².